The van der Waals surface area contributed by atoms with E-state index in [1.54, 1.807) is 18.2 Å². The number of halogens is 1. The molecule has 21 heavy (non-hydrogen) atoms. The van der Waals surface area contributed by atoms with Crippen LogP contribution in [0.15, 0.2) is 40.6 Å². The molecule has 4 nitrogen and oxygen atoms in total. The smallest absolute Gasteiger partial charge is 0.271 e. The second kappa shape index (κ2) is 7.26. The van der Waals surface area contributed by atoms with E-state index in [1.807, 2.05) is 12.1 Å². The molecule has 0 aliphatic heterocycles. The van der Waals surface area contributed by atoms with Gasteiger partial charge in [0.2, 0.25) is 0 Å². The zero-order valence-corrected chi connectivity index (χ0v) is 14.0. The van der Waals surface area contributed by atoms with Crippen molar-refractivity contribution in [1.82, 2.24) is 5.32 Å². The van der Waals surface area contributed by atoms with Crippen LogP contribution in [0, 0.1) is 0 Å². The zero-order chi connectivity index (χ0) is 15.3. The van der Waals surface area contributed by atoms with Crippen molar-refractivity contribution in [3.63, 3.8) is 0 Å². The van der Waals surface area contributed by atoms with Crippen molar-refractivity contribution in [2.45, 2.75) is 24.1 Å². The highest BCUT2D eigenvalue weighted by atomic mass is 35.5. The maximum absolute atomic E-state index is 12.1. The van der Waals surface area contributed by atoms with Gasteiger partial charge in [-0.25, -0.2) is 8.42 Å². The number of thiophene rings is 1. The predicted octanol–water partition coefficient (Wildman–Crippen LogP) is 3.70. The summed E-state index contributed by atoms with van der Waals surface area (Å²) in [5.41, 5.74) is 1.66. The molecule has 0 atom stereocenters. The molecule has 0 unspecified atom stereocenters. The van der Waals surface area contributed by atoms with Crippen molar-refractivity contribution in [1.29, 1.82) is 0 Å². The molecule has 1 aromatic heterocycles. The summed E-state index contributed by atoms with van der Waals surface area (Å²) in [6.07, 6.45) is 1.08. The van der Waals surface area contributed by atoms with Crippen LogP contribution in [0.5, 0.6) is 0 Å². The number of sulfonamides is 1. The van der Waals surface area contributed by atoms with E-state index >= 15 is 0 Å². The highest BCUT2D eigenvalue weighted by molar-refractivity contribution is 7.94. The molecule has 2 aromatic rings. The number of hydrogen-bond acceptors (Lipinski definition) is 4. The van der Waals surface area contributed by atoms with Crippen molar-refractivity contribution in [2.75, 3.05) is 11.3 Å². The topological polar surface area (TPSA) is 58.2 Å². The fourth-order valence-corrected chi connectivity index (χ4v) is 4.29. The third-order valence-electron chi connectivity index (χ3n) is 2.78. The molecular weight excluding hydrogens is 328 g/mol. The molecule has 0 aliphatic carbocycles. The Morgan fingerprint density at radius 3 is 2.43 bits per heavy atom. The van der Waals surface area contributed by atoms with Gasteiger partial charge in [-0.15, -0.1) is 11.3 Å². The molecule has 0 fully saturated rings. The molecule has 0 saturated carbocycles. The third-order valence-corrected chi connectivity index (χ3v) is 5.88. The summed E-state index contributed by atoms with van der Waals surface area (Å²) in [6, 6.07) is 10.4. The molecule has 0 bridgehead atoms. The van der Waals surface area contributed by atoms with Crippen molar-refractivity contribution in [3.8, 4) is 0 Å². The first kappa shape index (κ1) is 16.3. The second-order valence-corrected chi connectivity index (χ2v) is 8.16. The molecule has 1 aromatic carbocycles. The summed E-state index contributed by atoms with van der Waals surface area (Å²) in [5, 5.41) is 3.30. The van der Waals surface area contributed by atoms with Crippen molar-refractivity contribution in [3.05, 3.63) is 46.3 Å². The van der Waals surface area contributed by atoms with Crippen LogP contribution in [0.25, 0.3) is 0 Å². The van der Waals surface area contributed by atoms with Crippen molar-refractivity contribution in [2.24, 2.45) is 0 Å². The highest BCUT2D eigenvalue weighted by Crippen LogP contribution is 2.27. The van der Waals surface area contributed by atoms with E-state index in [-0.39, 0.29) is 4.21 Å². The Morgan fingerprint density at radius 1 is 1.14 bits per heavy atom. The van der Waals surface area contributed by atoms with Gasteiger partial charge in [0.15, 0.2) is 0 Å². The number of anilines is 1. The van der Waals surface area contributed by atoms with Crippen LogP contribution in [0.2, 0.25) is 4.34 Å². The average Bonchev–Trinajstić information content (AvgIpc) is 2.88. The lowest BCUT2D eigenvalue weighted by atomic mass is 10.2. The second-order valence-electron chi connectivity index (χ2n) is 4.54. The van der Waals surface area contributed by atoms with Crippen molar-refractivity contribution < 1.29 is 8.42 Å². The van der Waals surface area contributed by atoms with Crippen LogP contribution in [-0.2, 0) is 16.6 Å². The minimum Gasteiger partial charge on any atom is -0.313 e. The lowest BCUT2D eigenvalue weighted by molar-refractivity contribution is 0.603. The average molecular weight is 345 g/mol. The Bertz CT molecular complexity index is 681. The van der Waals surface area contributed by atoms with Gasteiger partial charge in [-0.05, 0) is 42.8 Å². The SMILES string of the molecule is CCCNCc1ccc(NS(=O)(=O)c2ccc(Cl)s2)cc1. The summed E-state index contributed by atoms with van der Waals surface area (Å²) in [5.74, 6) is 0. The van der Waals surface area contributed by atoms with Crippen LogP contribution >= 0.6 is 22.9 Å². The molecule has 0 amide bonds. The Balaban J connectivity index is 2.03. The van der Waals surface area contributed by atoms with Crippen molar-refractivity contribution >= 4 is 38.6 Å². The minimum absolute atomic E-state index is 0.209. The lowest BCUT2D eigenvalue weighted by Gasteiger charge is -2.08. The van der Waals surface area contributed by atoms with Gasteiger partial charge in [0.05, 0.1) is 4.34 Å². The fourth-order valence-electron chi connectivity index (χ4n) is 1.75. The van der Waals surface area contributed by atoms with E-state index in [4.69, 9.17) is 11.6 Å². The number of benzene rings is 1. The lowest BCUT2D eigenvalue weighted by Crippen LogP contribution is -2.14. The first-order chi connectivity index (χ1) is 10.0. The van der Waals surface area contributed by atoms with Gasteiger partial charge in [0, 0.05) is 12.2 Å². The quantitative estimate of drug-likeness (QED) is 0.753. The van der Waals surface area contributed by atoms with Gasteiger partial charge in [-0.3, -0.25) is 4.72 Å². The molecular formula is C14H17ClN2O2S2. The monoisotopic (exact) mass is 344 g/mol. The van der Waals surface area contributed by atoms with E-state index in [0.29, 0.717) is 10.0 Å². The van der Waals surface area contributed by atoms with E-state index in [1.165, 1.54) is 6.07 Å². The molecule has 7 heteroatoms. The van der Waals surface area contributed by atoms with Gasteiger partial charge >= 0.3 is 0 Å². The van der Waals surface area contributed by atoms with Crippen LogP contribution in [-0.4, -0.2) is 15.0 Å². The van der Waals surface area contributed by atoms with Gasteiger partial charge in [-0.1, -0.05) is 30.7 Å². The number of hydrogen-bond donors (Lipinski definition) is 2. The van der Waals surface area contributed by atoms with E-state index < -0.39 is 10.0 Å². The Hall–Kier alpha value is -1.08. The largest absolute Gasteiger partial charge is 0.313 e. The fraction of sp³-hybridized carbons (Fsp3) is 0.286. The molecule has 2 rings (SSSR count). The Labute approximate surface area is 134 Å². The summed E-state index contributed by atoms with van der Waals surface area (Å²) in [7, 11) is -3.56. The minimum atomic E-state index is -3.56. The molecule has 0 spiro atoms. The summed E-state index contributed by atoms with van der Waals surface area (Å²) < 4.78 is 27.5. The number of nitrogens with one attached hydrogen (secondary N) is 2. The molecule has 2 N–H and O–H groups in total. The van der Waals surface area contributed by atoms with Crippen LogP contribution in [0.3, 0.4) is 0 Å². The van der Waals surface area contributed by atoms with Crippen LogP contribution in [0.4, 0.5) is 5.69 Å². The molecule has 1 heterocycles. The van der Waals surface area contributed by atoms with Gasteiger partial charge in [0.1, 0.15) is 4.21 Å². The normalized spacial score (nSPS) is 11.5. The van der Waals surface area contributed by atoms with Gasteiger partial charge in [0.25, 0.3) is 10.0 Å². The van der Waals surface area contributed by atoms with Crippen LogP contribution < -0.4 is 10.0 Å². The van der Waals surface area contributed by atoms with E-state index in [2.05, 4.69) is 17.0 Å². The zero-order valence-electron chi connectivity index (χ0n) is 11.6. The number of rotatable bonds is 7. The standard InChI is InChI=1S/C14H17ClN2O2S2/c1-2-9-16-10-11-3-5-12(6-4-11)17-21(18,19)14-8-7-13(15)20-14/h3-8,16-17H,2,9-10H2,1H3. The third kappa shape index (κ3) is 4.71. The van der Waals surface area contributed by atoms with Gasteiger partial charge in [-0.2, -0.15) is 0 Å². The molecule has 0 radical (unpaired) electrons. The first-order valence-corrected chi connectivity index (χ1v) is 9.27. The van der Waals surface area contributed by atoms with E-state index in [0.717, 1.165) is 36.4 Å². The molecule has 0 aliphatic rings. The predicted molar refractivity (Wildman–Crippen MR) is 88.6 cm³/mol. The van der Waals surface area contributed by atoms with E-state index in [9.17, 15) is 8.42 Å². The maximum Gasteiger partial charge on any atom is 0.271 e. The van der Waals surface area contributed by atoms with Crippen LogP contribution in [0.1, 0.15) is 18.9 Å². The summed E-state index contributed by atoms with van der Waals surface area (Å²) in [6.45, 7) is 3.86. The summed E-state index contributed by atoms with van der Waals surface area (Å²) in [4.78, 5) is 0. The molecule has 0 saturated heterocycles. The Kier molecular flexibility index (Phi) is 5.64. The van der Waals surface area contributed by atoms with Gasteiger partial charge < -0.3 is 5.32 Å². The molecule has 114 valence electrons. The first-order valence-electron chi connectivity index (χ1n) is 6.59. The highest BCUT2D eigenvalue weighted by Gasteiger charge is 2.16. The summed E-state index contributed by atoms with van der Waals surface area (Å²) >= 11 is 6.81. The Morgan fingerprint density at radius 2 is 1.86 bits per heavy atom. The maximum atomic E-state index is 12.1.